The summed E-state index contributed by atoms with van der Waals surface area (Å²) >= 11 is 5.94. The summed E-state index contributed by atoms with van der Waals surface area (Å²) in [6.45, 7) is 0. The van der Waals surface area contributed by atoms with E-state index in [4.69, 9.17) is 17.4 Å². The first-order valence-corrected chi connectivity index (χ1v) is 6.58. The van der Waals surface area contributed by atoms with Crippen LogP contribution in [-0.2, 0) is 0 Å². The van der Waals surface area contributed by atoms with Crippen molar-refractivity contribution in [1.29, 1.82) is 0 Å². The van der Waals surface area contributed by atoms with Crippen LogP contribution in [0, 0.1) is 0 Å². The number of halogens is 1. The minimum Gasteiger partial charge on any atom is -0.292 e. The molecule has 0 radical (unpaired) electrons. The highest BCUT2D eigenvalue weighted by atomic mass is 35.5. The average Bonchev–Trinajstić information content (AvgIpc) is 2.51. The lowest BCUT2D eigenvalue weighted by Crippen LogP contribution is -2.31. The van der Waals surface area contributed by atoms with E-state index in [9.17, 15) is 4.79 Å². The first-order chi connectivity index (χ1) is 10.2. The quantitative estimate of drug-likeness (QED) is 0.510. The number of hydrazine groups is 1. The summed E-state index contributed by atoms with van der Waals surface area (Å²) in [5, 5.41) is 0.881. The molecule has 0 bridgehead atoms. The Morgan fingerprint density at radius 1 is 1.14 bits per heavy atom. The number of nitrogens with one attached hydrogen (secondary N) is 2. The molecule has 0 aliphatic rings. The number of nitrogens with zero attached hydrogens (tertiary/aromatic N) is 2. The molecule has 0 aliphatic carbocycles. The predicted octanol–water partition coefficient (Wildman–Crippen LogP) is 2.21. The van der Waals surface area contributed by atoms with Crippen LogP contribution in [0.15, 0.2) is 53.3 Å². The van der Waals surface area contributed by atoms with Crippen LogP contribution < -0.4 is 22.3 Å². The van der Waals surface area contributed by atoms with Crippen molar-refractivity contribution in [3.8, 4) is 0 Å². The number of aromatic nitrogens is 2. The van der Waals surface area contributed by atoms with Crippen molar-refractivity contribution in [3.63, 3.8) is 0 Å². The van der Waals surface area contributed by atoms with Crippen LogP contribution >= 0.6 is 11.6 Å². The van der Waals surface area contributed by atoms with Gasteiger partial charge in [0.15, 0.2) is 0 Å². The first-order valence-electron chi connectivity index (χ1n) is 6.20. The molecule has 21 heavy (non-hydrogen) atoms. The second-order valence-electron chi connectivity index (χ2n) is 4.36. The van der Waals surface area contributed by atoms with Gasteiger partial charge in [-0.25, -0.2) is 10.8 Å². The van der Waals surface area contributed by atoms with Gasteiger partial charge < -0.3 is 0 Å². The average molecular weight is 302 g/mol. The zero-order chi connectivity index (χ0) is 14.8. The van der Waals surface area contributed by atoms with Crippen molar-refractivity contribution in [1.82, 2.24) is 9.66 Å². The van der Waals surface area contributed by atoms with E-state index in [-0.39, 0.29) is 11.5 Å². The molecular formula is C14H12ClN5O. The van der Waals surface area contributed by atoms with E-state index < -0.39 is 0 Å². The van der Waals surface area contributed by atoms with Crippen molar-refractivity contribution >= 4 is 34.1 Å². The Balaban J connectivity index is 2.20. The summed E-state index contributed by atoms with van der Waals surface area (Å²) in [5.41, 5.74) is 6.34. The normalized spacial score (nSPS) is 10.6. The minimum absolute atomic E-state index is 0.207. The standard InChI is InChI=1S/C14H12ClN5O/c15-9-6-7-12-11(8-9)13(21)20(14(17-12)18-16)19-10-4-2-1-3-5-10/h1-8,19H,16H2,(H,17,18). The highest BCUT2D eigenvalue weighted by molar-refractivity contribution is 6.31. The minimum atomic E-state index is -0.292. The van der Waals surface area contributed by atoms with Gasteiger partial charge in [0, 0.05) is 5.02 Å². The van der Waals surface area contributed by atoms with E-state index in [1.165, 1.54) is 4.68 Å². The summed E-state index contributed by atoms with van der Waals surface area (Å²) in [4.78, 5) is 16.9. The van der Waals surface area contributed by atoms with Crippen molar-refractivity contribution in [2.75, 3.05) is 10.9 Å². The van der Waals surface area contributed by atoms with Gasteiger partial charge in [0.25, 0.3) is 5.56 Å². The summed E-state index contributed by atoms with van der Waals surface area (Å²) in [7, 11) is 0. The molecule has 4 N–H and O–H groups in total. The van der Waals surface area contributed by atoms with Crippen LogP contribution in [0.2, 0.25) is 5.02 Å². The Morgan fingerprint density at radius 3 is 2.62 bits per heavy atom. The van der Waals surface area contributed by atoms with Crippen LogP contribution in [0.1, 0.15) is 0 Å². The van der Waals surface area contributed by atoms with E-state index in [0.717, 1.165) is 5.69 Å². The van der Waals surface area contributed by atoms with Crippen LogP contribution in [-0.4, -0.2) is 9.66 Å². The van der Waals surface area contributed by atoms with Gasteiger partial charge in [0.2, 0.25) is 5.95 Å². The molecule has 3 aromatic rings. The van der Waals surface area contributed by atoms with Gasteiger partial charge in [-0.1, -0.05) is 29.8 Å². The third kappa shape index (κ3) is 2.54. The number of anilines is 2. The number of fused-ring (bicyclic) bond motifs is 1. The van der Waals surface area contributed by atoms with Crippen LogP contribution in [0.25, 0.3) is 10.9 Å². The molecule has 0 saturated heterocycles. The third-order valence-electron chi connectivity index (χ3n) is 2.97. The second-order valence-corrected chi connectivity index (χ2v) is 4.80. The predicted molar refractivity (Wildman–Crippen MR) is 84.3 cm³/mol. The number of para-hydroxylation sites is 1. The maximum Gasteiger partial charge on any atom is 0.281 e. The molecule has 0 fully saturated rings. The van der Waals surface area contributed by atoms with Gasteiger partial charge in [-0.05, 0) is 30.3 Å². The Labute approximate surface area is 125 Å². The van der Waals surface area contributed by atoms with Gasteiger partial charge in [-0.15, -0.1) is 0 Å². The molecule has 6 nitrogen and oxygen atoms in total. The topological polar surface area (TPSA) is 85.0 Å². The molecule has 3 rings (SSSR count). The van der Waals surface area contributed by atoms with Gasteiger partial charge in [0.1, 0.15) is 0 Å². The van der Waals surface area contributed by atoms with Crippen molar-refractivity contribution in [2.24, 2.45) is 5.84 Å². The lowest BCUT2D eigenvalue weighted by Gasteiger charge is -2.14. The van der Waals surface area contributed by atoms with E-state index in [0.29, 0.717) is 15.9 Å². The number of nitrogens with two attached hydrogens (primary N) is 1. The molecule has 0 unspecified atom stereocenters. The molecule has 1 heterocycles. The maximum absolute atomic E-state index is 12.6. The van der Waals surface area contributed by atoms with E-state index in [1.807, 2.05) is 30.3 Å². The summed E-state index contributed by atoms with van der Waals surface area (Å²) in [5.74, 6) is 5.66. The Bertz CT molecular complexity index is 847. The lowest BCUT2D eigenvalue weighted by molar-refractivity contribution is 0.880. The van der Waals surface area contributed by atoms with Crippen molar-refractivity contribution in [3.05, 3.63) is 63.9 Å². The van der Waals surface area contributed by atoms with Gasteiger partial charge in [-0.2, -0.15) is 4.68 Å². The molecule has 0 spiro atoms. The summed E-state index contributed by atoms with van der Waals surface area (Å²) in [6.07, 6.45) is 0. The molecule has 0 saturated carbocycles. The number of benzene rings is 2. The lowest BCUT2D eigenvalue weighted by atomic mass is 10.2. The van der Waals surface area contributed by atoms with E-state index in [2.05, 4.69) is 15.8 Å². The molecule has 0 aliphatic heterocycles. The molecule has 0 atom stereocenters. The second kappa shape index (κ2) is 5.43. The summed E-state index contributed by atoms with van der Waals surface area (Å²) < 4.78 is 1.24. The fourth-order valence-electron chi connectivity index (χ4n) is 2.00. The number of rotatable bonds is 3. The molecular weight excluding hydrogens is 290 g/mol. The van der Waals surface area contributed by atoms with Gasteiger partial charge >= 0.3 is 0 Å². The third-order valence-corrected chi connectivity index (χ3v) is 3.21. The zero-order valence-electron chi connectivity index (χ0n) is 10.9. The Morgan fingerprint density at radius 2 is 1.90 bits per heavy atom. The Kier molecular flexibility index (Phi) is 3.47. The molecule has 1 aromatic heterocycles. The highest BCUT2D eigenvalue weighted by Crippen LogP contribution is 2.17. The van der Waals surface area contributed by atoms with Crippen LogP contribution in [0.3, 0.4) is 0 Å². The number of nitrogen functional groups attached to an aromatic ring is 1. The summed E-state index contributed by atoms with van der Waals surface area (Å²) in [6, 6.07) is 14.2. The molecule has 106 valence electrons. The van der Waals surface area contributed by atoms with Crippen LogP contribution in [0.4, 0.5) is 11.6 Å². The smallest absolute Gasteiger partial charge is 0.281 e. The van der Waals surface area contributed by atoms with Gasteiger partial charge in [0.05, 0.1) is 16.6 Å². The largest absolute Gasteiger partial charge is 0.292 e. The number of hydrogen-bond acceptors (Lipinski definition) is 5. The van der Waals surface area contributed by atoms with E-state index >= 15 is 0 Å². The van der Waals surface area contributed by atoms with Crippen LogP contribution in [0.5, 0.6) is 0 Å². The number of hydrogen-bond donors (Lipinski definition) is 3. The van der Waals surface area contributed by atoms with Crippen molar-refractivity contribution < 1.29 is 0 Å². The molecule has 0 amide bonds. The molecule has 7 heteroatoms. The zero-order valence-corrected chi connectivity index (χ0v) is 11.6. The fraction of sp³-hybridized carbons (Fsp3) is 0. The molecule has 2 aromatic carbocycles. The first kappa shape index (κ1) is 13.4. The van der Waals surface area contributed by atoms with E-state index in [1.54, 1.807) is 18.2 Å². The highest BCUT2D eigenvalue weighted by Gasteiger charge is 2.10. The SMILES string of the molecule is NNc1nc2ccc(Cl)cc2c(=O)n1Nc1ccccc1. The van der Waals surface area contributed by atoms with Crippen molar-refractivity contribution in [2.45, 2.75) is 0 Å². The maximum atomic E-state index is 12.6. The Hall–Kier alpha value is -2.57. The van der Waals surface area contributed by atoms with Gasteiger partial charge in [-0.3, -0.25) is 15.6 Å². The fourth-order valence-corrected chi connectivity index (χ4v) is 2.17. The monoisotopic (exact) mass is 301 g/mol.